The van der Waals surface area contributed by atoms with Gasteiger partial charge in [-0.05, 0) is 42.3 Å². The zero-order valence-corrected chi connectivity index (χ0v) is 14.1. The second kappa shape index (κ2) is 9.00. The molecule has 0 saturated heterocycles. The highest BCUT2D eigenvalue weighted by molar-refractivity contribution is 7.99. The van der Waals surface area contributed by atoms with Crippen molar-refractivity contribution in [2.45, 2.75) is 12.7 Å². The fourth-order valence-electron chi connectivity index (χ4n) is 1.85. The summed E-state index contributed by atoms with van der Waals surface area (Å²) in [5, 5.41) is 3.96. The Hall–Kier alpha value is -2.27. The van der Waals surface area contributed by atoms with Crippen LogP contribution in [0.15, 0.2) is 53.6 Å². The van der Waals surface area contributed by atoms with Crippen LogP contribution in [0, 0.1) is 6.92 Å². The summed E-state index contributed by atoms with van der Waals surface area (Å²) in [5.74, 6) is 1.88. The van der Waals surface area contributed by atoms with Crippen LogP contribution in [0.2, 0.25) is 0 Å². The Morgan fingerprint density at radius 3 is 2.52 bits per heavy atom. The molecule has 5 heteroatoms. The molecule has 0 spiro atoms. The molecule has 0 atom stereocenters. The Balaban J connectivity index is 1.69. The van der Waals surface area contributed by atoms with Crippen LogP contribution in [0.3, 0.4) is 0 Å². The fourth-order valence-corrected chi connectivity index (χ4v) is 2.63. The molecule has 120 valence electrons. The number of carbonyl (C=O) groups is 1. The SMILES string of the molecule is COc1ccc(/C=N\NC(=O)CSCc2ccc(C)cc2)cc1. The molecule has 0 bridgehead atoms. The first kappa shape index (κ1) is 17.1. The van der Waals surface area contributed by atoms with Crippen LogP contribution in [0.25, 0.3) is 0 Å². The van der Waals surface area contributed by atoms with Crippen LogP contribution < -0.4 is 10.2 Å². The van der Waals surface area contributed by atoms with Gasteiger partial charge in [0.2, 0.25) is 5.91 Å². The van der Waals surface area contributed by atoms with Gasteiger partial charge in [0, 0.05) is 5.75 Å². The summed E-state index contributed by atoms with van der Waals surface area (Å²) < 4.78 is 5.08. The third kappa shape index (κ3) is 6.16. The van der Waals surface area contributed by atoms with Gasteiger partial charge in [0.25, 0.3) is 0 Å². The summed E-state index contributed by atoms with van der Waals surface area (Å²) >= 11 is 1.57. The van der Waals surface area contributed by atoms with Crippen molar-refractivity contribution < 1.29 is 9.53 Å². The molecule has 0 aliphatic rings. The molecule has 0 fully saturated rings. The summed E-state index contributed by atoms with van der Waals surface area (Å²) in [6.07, 6.45) is 1.61. The first-order valence-electron chi connectivity index (χ1n) is 7.26. The number of nitrogens with one attached hydrogen (secondary N) is 1. The van der Waals surface area contributed by atoms with Crippen LogP contribution in [0.1, 0.15) is 16.7 Å². The first-order valence-corrected chi connectivity index (χ1v) is 8.42. The van der Waals surface area contributed by atoms with E-state index in [9.17, 15) is 4.79 Å². The van der Waals surface area contributed by atoms with E-state index >= 15 is 0 Å². The van der Waals surface area contributed by atoms with Crippen molar-refractivity contribution in [2.75, 3.05) is 12.9 Å². The van der Waals surface area contributed by atoms with E-state index in [4.69, 9.17) is 4.74 Å². The first-order chi connectivity index (χ1) is 11.2. The predicted molar refractivity (Wildman–Crippen MR) is 96.1 cm³/mol. The van der Waals surface area contributed by atoms with E-state index in [0.717, 1.165) is 17.1 Å². The van der Waals surface area contributed by atoms with Gasteiger partial charge in [-0.25, -0.2) is 5.43 Å². The lowest BCUT2D eigenvalue weighted by Crippen LogP contribution is -2.19. The highest BCUT2D eigenvalue weighted by Gasteiger charge is 2.00. The maximum absolute atomic E-state index is 11.7. The second-order valence-electron chi connectivity index (χ2n) is 5.04. The highest BCUT2D eigenvalue weighted by atomic mass is 32.2. The molecule has 0 aromatic heterocycles. The zero-order valence-electron chi connectivity index (χ0n) is 13.3. The lowest BCUT2D eigenvalue weighted by Gasteiger charge is -2.02. The largest absolute Gasteiger partial charge is 0.497 e. The zero-order chi connectivity index (χ0) is 16.5. The van der Waals surface area contributed by atoms with Crippen molar-refractivity contribution >= 4 is 23.9 Å². The van der Waals surface area contributed by atoms with E-state index in [1.54, 1.807) is 25.1 Å². The molecule has 2 aromatic rings. The third-order valence-corrected chi connectivity index (χ3v) is 4.14. The molecular weight excluding hydrogens is 308 g/mol. The second-order valence-corrected chi connectivity index (χ2v) is 6.03. The summed E-state index contributed by atoms with van der Waals surface area (Å²) in [7, 11) is 1.62. The summed E-state index contributed by atoms with van der Waals surface area (Å²) in [6.45, 7) is 2.06. The smallest absolute Gasteiger partial charge is 0.250 e. The van der Waals surface area contributed by atoms with Crippen LogP contribution >= 0.6 is 11.8 Å². The number of carbonyl (C=O) groups excluding carboxylic acids is 1. The lowest BCUT2D eigenvalue weighted by molar-refractivity contribution is -0.118. The van der Waals surface area contributed by atoms with Gasteiger partial charge in [0.1, 0.15) is 5.75 Å². The van der Waals surface area contributed by atoms with Crippen molar-refractivity contribution in [3.05, 3.63) is 65.2 Å². The van der Waals surface area contributed by atoms with Gasteiger partial charge in [-0.15, -0.1) is 11.8 Å². The molecule has 1 amide bonds. The highest BCUT2D eigenvalue weighted by Crippen LogP contribution is 2.12. The Morgan fingerprint density at radius 1 is 1.17 bits per heavy atom. The van der Waals surface area contributed by atoms with E-state index in [-0.39, 0.29) is 5.91 Å². The molecule has 0 unspecified atom stereocenters. The third-order valence-electron chi connectivity index (χ3n) is 3.14. The van der Waals surface area contributed by atoms with Gasteiger partial charge in [0.05, 0.1) is 19.1 Å². The van der Waals surface area contributed by atoms with Crippen molar-refractivity contribution in [2.24, 2.45) is 5.10 Å². The van der Waals surface area contributed by atoms with Crippen LogP contribution in [0.5, 0.6) is 5.75 Å². The fraction of sp³-hybridized carbons (Fsp3) is 0.222. The molecule has 0 aliphatic carbocycles. The summed E-state index contributed by atoms with van der Waals surface area (Å²) in [5.41, 5.74) is 5.89. The van der Waals surface area contributed by atoms with Crippen molar-refractivity contribution in [3.63, 3.8) is 0 Å². The minimum atomic E-state index is -0.105. The molecular formula is C18H20N2O2S. The van der Waals surface area contributed by atoms with E-state index in [1.807, 2.05) is 24.3 Å². The van der Waals surface area contributed by atoms with Gasteiger partial charge >= 0.3 is 0 Å². The quantitative estimate of drug-likeness (QED) is 0.626. The summed E-state index contributed by atoms with van der Waals surface area (Å²) in [6, 6.07) is 15.8. The van der Waals surface area contributed by atoms with Crippen LogP contribution in [0.4, 0.5) is 0 Å². The average Bonchev–Trinajstić information content (AvgIpc) is 2.57. The Morgan fingerprint density at radius 2 is 1.87 bits per heavy atom. The standard InChI is InChI=1S/C18H20N2O2S/c1-14-3-5-16(6-4-14)12-23-13-18(21)20-19-11-15-7-9-17(22-2)10-8-15/h3-11H,12-13H2,1-2H3,(H,20,21)/b19-11-. The average molecular weight is 328 g/mol. The molecule has 0 saturated carbocycles. The Labute approximate surface area is 140 Å². The van der Waals surface area contributed by atoms with E-state index in [1.165, 1.54) is 11.1 Å². The number of ether oxygens (including phenoxy) is 1. The molecule has 1 N–H and O–H groups in total. The van der Waals surface area contributed by atoms with Crippen LogP contribution in [-0.2, 0) is 10.5 Å². The molecule has 2 rings (SSSR count). The topological polar surface area (TPSA) is 50.7 Å². The maximum atomic E-state index is 11.7. The molecule has 0 radical (unpaired) electrons. The van der Waals surface area contributed by atoms with Gasteiger partial charge in [-0.1, -0.05) is 29.8 Å². The van der Waals surface area contributed by atoms with Crippen LogP contribution in [-0.4, -0.2) is 25.0 Å². The van der Waals surface area contributed by atoms with Gasteiger partial charge in [-0.3, -0.25) is 4.79 Å². The number of nitrogens with zero attached hydrogens (tertiary/aromatic N) is 1. The van der Waals surface area contributed by atoms with Crippen molar-refractivity contribution in [3.8, 4) is 5.75 Å². The molecule has 23 heavy (non-hydrogen) atoms. The van der Waals surface area contributed by atoms with E-state index < -0.39 is 0 Å². The molecule has 4 nitrogen and oxygen atoms in total. The Bertz CT molecular complexity index is 652. The molecule has 0 aliphatic heterocycles. The minimum absolute atomic E-state index is 0.105. The van der Waals surface area contributed by atoms with E-state index in [2.05, 4.69) is 41.7 Å². The van der Waals surface area contributed by atoms with E-state index in [0.29, 0.717) is 5.75 Å². The predicted octanol–water partition coefficient (Wildman–Crippen LogP) is 3.39. The normalized spacial score (nSPS) is 10.7. The van der Waals surface area contributed by atoms with Crippen molar-refractivity contribution in [1.82, 2.24) is 5.43 Å². The number of benzene rings is 2. The molecule has 2 aromatic carbocycles. The number of hydrazone groups is 1. The summed E-state index contributed by atoms with van der Waals surface area (Å²) in [4.78, 5) is 11.7. The number of rotatable bonds is 7. The Kier molecular flexibility index (Phi) is 6.69. The number of hydrogen-bond donors (Lipinski definition) is 1. The van der Waals surface area contributed by atoms with Gasteiger partial charge in [0.15, 0.2) is 0 Å². The lowest BCUT2D eigenvalue weighted by atomic mass is 10.2. The number of hydrogen-bond acceptors (Lipinski definition) is 4. The number of amides is 1. The van der Waals surface area contributed by atoms with Gasteiger partial charge < -0.3 is 4.74 Å². The van der Waals surface area contributed by atoms with Crippen molar-refractivity contribution in [1.29, 1.82) is 0 Å². The number of methoxy groups -OCH3 is 1. The maximum Gasteiger partial charge on any atom is 0.250 e. The number of thioether (sulfide) groups is 1. The monoisotopic (exact) mass is 328 g/mol. The van der Waals surface area contributed by atoms with Gasteiger partial charge in [-0.2, -0.15) is 5.10 Å². The number of aryl methyl sites for hydroxylation is 1. The minimum Gasteiger partial charge on any atom is -0.497 e. The molecule has 0 heterocycles.